The monoisotopic (exact) mass is 194 g/mol. The Morgan fingerprint density at radius 3 is 2.92 bits per heavy atom. The second-order valence-corrected chi connectivity index (χ2v) is 2.59. The van der Waals surface area contributed by atoms with Crippen LogP contribution in [0.5, 0.6) is 0 Å². The minimum Gasteiger partial charge on any atom is -0.210 e. The summed E-state index contributed by atoms with van der Waals surface area (Å²) in [6.07, 6.45) is 7.27. The molecule has 0 aromatic carbocycles. The Kier molecular flexibility index (Phi) is 3.33. The van der Waals surface area contributed by atoms with Crippen molar-refractivity contribution in [3.63, 3.8) is 0 Å². The smallest absolute Gasteiger partial charge is 0.210 e. The number of tetrazole rings is 1. The quantitative estimate of drug-likeness (QED) is 0.591. The Morgan fingerprint density at radius 2 is 2.46 bits per heavy atom. The van der Waals surface area contributed by atoms with Crippen LogP contribution in [0.1, 0.15) is 6.92 Å². The van der Waals surface area contributed by atoms with Crippen LogP contribution in [0, 0.1) is 4.77 Å². The number of nitrogens with zero attached hydrogens (tertiary/aromatic N) is 3. The highest BCUT2D eigenvalue weighted by Gasteiger charge is 1.96. The lowest BCUT2D eigenvalue weighted by Gasteiger charge is -1.98. The molecule has 1 aromatic rings. The van der Waals surface area contributed by atoms with E-state index in [4.69, 9.17) is 12.2 Å². The van der Waals surface area contributed by atoms with E-state index in [2.05, 4.69) is 22.1 Å². The molecule has 0 spiro atoms. The number of aromatic amines is 1. The lowest BCUT2D eigenvalue weighted by Crippen LogP contribution is -1.96. The molecule has 0 fully saturated rings. The van der Waals surface area contributed by atoms with E-state index in [-0.39, 0.29) is 0 Å². The third kappa shape index (κ3) is 2.22. The molecule has 0 aliphatic heterocycles. The Labute approximate surface area is 81.3 Å². The molecular formula is C8H10N4S. The molecule has 0 aliphatic rings. The van der Waals surface area contributed by atoms with Crippen molar-refractivity contribution in [2.45, 2.75) is 6.92 Å². The van der Waals surface area contributed by atoms with Crippen LogP contribution in [0.2, 0.25) is 0 Å². The van der Waals surface area contributed by atoms with E-state index in [1.54, 1.807) is 10.8 Å². The molecule has 13 heavy (non-hydrogen) atoms. The van der Waals surface area contributed by atoms with Crippen LogP contribution in [0.3, 0.4) is 0 Å². The van der Waals surface area contributed by atoms with E-state index in [0.717, 1.165) is 5.70 Å². The van der Waals surface area contributed by atoms with E-state index in [1.165, 1.54) is 0 Å². The molecular weight excluding hydrogens is 184 g/mol. The molecule has 68 valence electrons. The van der Waals surface area contributed by atoms with Crippen molar-refractivity contribution in [2.75, 3.05) is 0 Å². The van der Waals surface area contributed by atoms with Gasteiger partial charge in [-0.25, -0.2) is 4.68 Å². The van der Waals surface area contributed by atoms with Crippen LogP contribution in [0.25, 0.3) is 5.70 Å². The van der Waals surface area contributed by atoms with E-state index in [0.29, 0.717) is 4.77 Å². The Morgan fingerprint density at radius 1 is 1.69 bits per heavy atom. The van der Waals surface area contributed by atoms with Crippen molar-refractivity contribution >= 4 is 17.9 Å². The van der Waals surface area contributed by atoms with Crippen molar-refractivity contribution in [1.29, 1.82) is 0 Å². The SMILES string of the molecule is C=C/C=C\C(=C/C)n1[nH]nnc1=S. The van der Waals surface area contributed by atoms with Gasteiger partial charge in [0.2, 0.25) is 4.77 Å². The van der Waals surface area contributed by atoms with Crippen molar-refractivity contribution < 1.29 is 0 Å². The summed E-state index contributed by atoms with van der Waals surface area (Å²) in [4.78, 5) is 0. The molecule has 0 aliphatic carbocycles. The molecule has 1 heterocycles. The van der Waals surface area contributed by atoms with Gasteiger partial charge in [-0.2, -0.15) is 5.21 Å². The van der Waals surface area contributed by atoms with E-state index in [1.807, 2.05) is 25.2 Å². The maximum atomic E-state index is 4.94. The number of rotatable bonds is 3. The summed E-state index contributed by atoms with van der Waals surface area (Å²) < 4.78 is 2.01. The predicted molar refractivity (Wildman–Crippen MR) is 54.5 cm³/mol. The van der Waals surface area contributed by atoms with Crippen molar-refractivity contribution in [3.05, 3.63) is 35.7 Å². The molecule has 1 rings (SSSR count). The standard InChI is InChI=1S/C8H10N4S/c1-3-5-6-7(4-2)12-8(13)9-10-11-12/h3-6H,1H2,2H3,(H,9,11,13)/b6-5-,7-4+. The lowest BCUT2D eigenvalue weighted by atomic mass is 10.3. The third-order valence-electron chi connectivity index (χ3n) is 1.43. The highest BCUT2D eigenvalue weighted by atomic mass is 32.1. The first-order valence-corrected chi connectivity index (χ1v) is 4.16. The van der Waals surface area contributed by atoms with Gasteiger partial charge in [0.25, 0.3) is 0 Å². The average molecular weight is 194 g/mol. The second kappa shape index (κ2) is 4.51. The molecule has 0 radical (unpaired) electrons. The van der Waals surface area contributed by atoms with Crippen molar-refractivity contribution in [1.82, 2.24) is 20.2 Å². The van der Waals surface area contributed by atoms with Crippen LogP contribution in [0.4, 0.5) is 0 Å². The van der Waals surface area contributed by atoms with Gasteiger partial charge in [0.05, 0.1) is 5.70 Å². The summed E-state index contributed by atoms with van der Waals surface area (Å²) >= 11 is 4.94. The molecule has 0 saturated heterocycles. The van der Waals surface area contributed by atoms with Gasteiger partial charge in [-0.15, -0.1) is 0 Å². The molecule has 0 atom stereocenters. The van der Waals surface area contributed by atoms with Crippen LogP contribution in [-0.2, 0) is 0 Å². The molecule has 0 amide bonds. The Hall–Kier alpha value is -1.49. The maximum Gasteiger partial charge on any atom is 0.242 e. The van der Waals surface area contributed by atoms with Gasteiger partial charge < -0.3 is 0 Å². The fraction of sp³-hybridized carbons (Fsp3) is 0.125. The largest absolute Gasteiger partial charge is 0.242 e. The number of hydrogen-bond donors (Lipinski definition) is 1. The number of allylic oxidation sites excluding steroid dienone is 5. The fourth-order valence-corrected chi connectivity index (χ4v) is 1.02. The van der Waals surface area contributed by atoms with E-state index >= 15 is 0 Å². The fourth-order valence-electron chi connectivity index (χ4n) is 0.832. The molecule has 0 unspecified atom stereocenters. The zero-order chi connectivity index (χ0) is 9.68. The van der Waals surface area contributed by atoms with Gasteiger partial charge in [0, 0.05) is 0 Å². The van der Waals surface area contributed by atoms with Crippen LogP contribution in [-0.4, -0.2) is 20.2 Å². The first-order valence-electron chi connectivity index (χ1n) is 3.75. The van der Waals surface area contributed by atoms with Crippen LogP contribution < -0.4 is 0 Å². The zero-order valence-electron chi connectivity index (χ0n) is 7.27. The van der Waals surface area contributed by atoms with Crippen molar-refractivity contribution in [2.24, 2.45) is 0 Å². The topological polar surface area (TPSA) is 46.5 Å². The molecule has 5 heteroatoms. The molecule has 4 nitrogen and oxygen atoms in total. The lowest BCUT2D eigenvalue weighted by molar-refractivity contribution is 0.802. The molecule has 0 bridgehead atoms. The number of nitrogens with one attached hydrogen (secondary N) is 1. The zero-order valence-corrected chi connectivity index (χ0v) is 8.08. The molecule has 0 saturated carbocycles. The summed E-state index contributed by atoms with van der Waals surface area (Å²) in [5, 5.41) is 9.91. The summed E-state index contributed by atoms with van der Waals surface area (Å²) in [7, 11) is 0. The highest BCUT2D eigenvalue weighted by Crippen LogP contribution is 2.03. The van der Waals surface area contributed by atoms with E-state index < -0.39 is 0 Å². The summed E-state index contributed by atoms with van der Waals surface area (Å²) in [5.74, 6) is 0. The van der Waals surface area contributed by atoms with Gasteiger partial charge in [0.1, 0.15) is 0 Å². The average Bonchev–Trinajstić information content (AvgIpc) is 2.54. The predicted octanol–water partition coefficient (Wildman–Crippen LogP) is 1.94. The van der Waals surface area contributed by atoms with Gasteiger partial charge >= 0.3 is 0 Å². The van der Waals surface area contributed by atoms with Gasteiger partial charge in [-0.05, 0) is 25.2 Å². The molecule has 1 aromatic heterocycles. The second-order valence-electron chi connectivity index (χ2n) is 2.23. The Bertz CT molecular complexity index is 396. The van der Waals surface area contributed by atoms with Crippen molar-refractivity contribution in [3.8, 4) is 0 Å². The summed E-state index contributed by atoms with van der Waals surface area (Å²) in [5.41, 5.74) is 0.884. The number of hydrogen-bond acceptors (Lipinski definition) is 3. The first-order chi connectivity index (χ1) is 6.29. The Balaban J connectivity index is 3.06. The number of H-pyrrole nitrogens is 1. The summed E-state index contributed by atoms with van der Waals surface area (Å²) in [6, 6.07) is 0. The van der Waals surface area contributed by atoms with Gasteiger partial charge in [-0.3, -0.25) is 0 Å². The minimum atomic E-state index is 0.404. The van der Waals surface area contributed by atoms with E-state index in [9.17, 15) is 0 Å². The summed E-state index contributed by atoms with van der Waals surface area (Å²) in [6.45, 7) is 5.49. The normalized spacial score (nSPS) is 12.2. The molecule has 1 N–H and O–H groups in total. The minimum absolute atomic E-state index is 0.404. The third-order valence-corrected chi connectivity index (χ3v) is 1.69. The highest BCUT2D eigenvalue weighted by molar-refractivity contribution is 7.71. The maximum absolute atomic E-state index is 4.94. The van der Waals surface area contributed by atoms with Crippen LogP contribution >= 0.6 is 12.2 Å². The van der Waals surface area contributed by atoms with Gasteiger partial charge in [0.15, 0.2) is 0 Å². The van der Waals surface area contributed by atoms with Gasteiger partial charge in [-0.1, -0.05) is 35.1 Å². The van der Waals surface area contributed by atoms with Crippen LogP contribution in [0.15, 0.2) is 30.9 Å². The number of aromatic nitrogens is 4. The first kappa shape index (κ1) is 9.60.